The Hall–Kier alpha value is -1.43. The highest BCUT2D eigenvalue weighted by Crippen LogP contribution is 2.41. The molecule has 1 aliphatic rings. The van der Waals surface area contributed by atoms with Crippen LogP contribution in [0.25, 0.3) is 0 Å². The highest BCUT2D eigenvalue weighted by Gasteiger charge is 2.49. The van der Waals surface area contributed by atoms with E-state index in [0.717, 1.165) is 12.8 Å². The number of rotatable bonds is 5. The van der Waals surface area contributed by atoms with Gasteiger partial charge >= 0.3 is 5.97 Å². The molecule has 0 spiro atoms. The summed E-state index contributed by atoms with van der Waals surface area (Å²) < 4.78 is 15.3. The van der Waals surface area contributed by atoms with Gasteiger partial charge in [-0.05, 0) is 19.8 Å². The summed E-state index contributed by atoms with van der Waals surface area (Å²) in [6.07, 6.45) is 3.36. The number of methoxy groups -OCH3 is 1. The van der Waals surface area contributed by atoms with Crippen LogP contribution in [0.5, 0.6) is 0 Å². The van der Waals surface area contributed by atoms with E-state index < -0.39 is 5.41 Å². The minimum absolute atomic E-state index is 0.255. The molecule has 0 aliphatic heterocycles. The van der Waals surface area contributed by atoms with E-state index in [1.165, 1.54) is 0 Å². The number of aromatic nitrogens is 2. The molecular weight excluding hydrogens is 236 g/mol. The van der Waals surface area contributed by atoms with Gasteiger partial charge in [0.2, 0.25) is 5.89 Å². The van der Waals surface area contributed by atoms with Crippen LogP contribution in [0.4, 0.5) is 0 Å². The van der Waals surface area contributed by atoms with Crippen LogP contribution in [0.2, 0.25) is 0 Å². The topological polar surface area (TPSA) is 74.5 Å². The molecular formula is C12H18N2O4. The quantitative estimate of drug-likeness (QED) is 0.743. The summed E-state index contributed by atoms with van der Waals surface area (Å²) >= 11 is 0. The lowest BCUT2D eigenvalue weighted by molar-refractivity contribution is -0.151. The predicted octanol–water partition coefficient (Wildman–Crippen LogP) is 1.59. The normalized spacial score (nSPS) is 17.9. The molecule has 0 saturated heterocycles. The lowest BCUT2D eigenvalue weighted by Crippen LogP contribution is -2.35. The summed E-state index contributed by atoms with van der Waals surface area (Å²) in [7, 11) is 1.56. The zero-order chi connectivity index (χ0) is 13.0. The zero-order valence-electron chi connectivity index (χ0n) is 10.8. The zero-order valence-corrected chi connectivity index (χ0v) is 10.8. The maximum absolute atomic E-state index is 12.2. The van der Waals surface area contributed by atoms with Crippen LogP contribution in [-0.2, 0) is 26.3 Å². The number of carbonyl (C=O) groups is 1. The van der Waals surface area contributed by atoms with Crippen molar-refractivity contribution in [3.8, 4) is 0 Å². The summed E-state index contributed by atoms with van der Waals surface area (Å²) in [6.45, 7) is 2.44. The first-order valence-electron chi connectivity index (χ1n) is 6.22. The number of hydrogen-bond acceptors (Lipinski definition) is 6. The number of nitrogens with zero attached hydrogens (tertiary/aromatic N) is 2. The van der Waals surface area contributed by atoms with E-state index in [2.05, 4.69) is 10.1 Å². The molecule has 1 fully saturated rings. The van der Waals surface area contributed by atoms with Crippen molar-refractivity contribution < 1.29 is 18.8 Å². The Morgan fingerprint density at radius 2 is 2.17 bits per heavy atom. The summed E-state index contributed by atoms with van der Waals surface area (Å²) in [5.41, 5.74) is -0.741. The molecule has 0 amide bonds. The van der Waals surface area contributed by atoms with Crippen LogP contribution in [0.15, 0.2) is 4.52 Å². The second kappa shape index (κ2) is 5.48. The molecule has 0 aromatic carbocycles. The van der Waals surface area contributed by atoms with Crippen molar-refractivity contribution >= 4 is 5.97 Å². The summed E-state index contributed by atoms with van der Waals surface area (Å²) in [6, 6.07) is 0. The molecule has 6 nitrogen and oxygen atoms in total. The van der Waals surface area contributed by atoms with Gasteiger partial charge < -0.3 is 14.0 Å². The van der Waals surface area contributed by atoms with Crippen molar-refractivity contribution in [3.63, 3.8) is 0 Å². The third-order valence-electron chi connectivity index (χ3n) is 3.27. The molecule has 1 aromatic heterocycles. The lowest BCUT2D eigenvalue weighted by atomic mass is 9.86. The molecule has 100 valence electrons. The van der Waals surface area contributed by atoms with Crippen molar-refractivity contribution in [3.05, 3.63) is 11.7 Å². The fourth-order valence-electron chi connectivity index (χ4n) is 2.39. The van der Waals surface area contributed by atoms with Crippen LogP contribution < -0.4 is 0 Å². The van der Waals surface area contributed by atoms with Gasteiger partial charge in [-0.25, -0.2) is 0 Å². The van der Waals surface area contributed by atoms with Gasteiger partial charge in [-0.15, -0.1) is 0 Å². The van der Waals surface area contributed by atoms with E-state index >= 15 is 0 Å². The molecule has 0 unspecified atom stereocenters. The van der Waals surface area contributed by atoms with Gasteiger partial charge in [-0.1, -0.05) is 18.0 Å². The average molecular weight is 254 g/mol. The van der Waals surface area contributed by atoms with E-state index in [-0.39, 0.29) is 12.6 Å². The first-order chi connectivity index (χ1) is 8.73. The molecule has 1 aromatic rings. The smallest absolute Gasteiger partial charge is 0.321 e. The SMILES string of the molecule is CCOC(=O)C1(c2nc(COC)no2)CCCC1. The third kappa shape index (κ3) is 2.25. The molecule has 1 aliphatic carbocycles. The number of esters is 1. The van der Waals surface area contributed by atoms with Gasteiger partial charge in [0, 0.05) is 7.11 Å². The lowest BCUT2D eigenvalue weighted by Gasteiger charge is -2.21. The Kier molecular flexibility index (Phi) is 3.96. The average Bonchev–Trinajstić information content (AvgIpc) is 2.98. The Morgan fingerprint density at radius 1 is 1.44 bits per heavy atom. The molecule has 0 atom stereocenters. The van der Waals surface area contributed by atoms with Crippen LogP contribution in [-0.4, -0.2) is 29.8 Å². The predicted molar refractivity (Wildman–Crippen MR) is 61.8 cm³/mol. The summed E-state index contributed by atoms with van der Waals surface area (Å²) in [5.74, 6) is 0.573. The van der Waals surface area contributed by atoms with E-state index in [9.17, 15) is 4.79 Å². The Labute approximate surface area is 106 Å². The van der Waals surface area contributed by atoms with Crippen molar-refractivity contribution in [2.75, 3.05) is 13.7 Å². The summed E-state index contributed by atoms with van der Waals surface area (Å²) in [4.78, 5) is 16.4. The Morgan fingerprint density at radius 3 is 2.78 bits per heavy atom. The molecule has 0 N–H and O–H groups in total. The van der Waals surface area contributed by atoms with Gasteiger partial charge in [0.25, 0.3) is 0 Å². The molecule has 0 bridgehead atoms. The van der Waals surface area contributed by atoms with E-state index in [4.69, 9.17) is 14.0 Å². The molecule has 6 heteroatoms. The fraction of sp³-hybridized carbons (Fsp3) is 0.750. The van der Waals surface area contributed by atoms with Crippen molar-refractivity contribution in [1.29, 1.82) is 0 Å². The van der Waals surface area contributed by atoms with Crippen LogP contribution >= 0.6 is 0 Å². The number of hydrogen-bond donors (Lipinski definition) is 0. The van der Waals surface area contributed by atoms with Gasteiger partial charge in [0.15, 0.2) is 5.82 Å². The van der Waals surface area contributed by atoms with Gasteiger partial charge in [-0.3, -0.25) is 4.79 Å². The van der Waals surface area contributed by atoms with Crippen molar-refractivity contribution in [1.82, 2.24) is 10.1 Å². The molecule has 2 rings (SSSR count). The van der Waals surface area contributed by atoms with Crippen LogP contribution in [0.3, 0.4) is 0 Å². The molecule has 18 heavy (non-hydrogen) atoms. The van der Waals surface area contributed by atoms with E-state index in [0.29, 0.717) is 31.2 Å². The van der Waals surface area contributed by atoms with E-state index in [1.807, 2.05) is 0 Å². The highest BCUT2D eigenvalue weighted by atomic mass is 16.5. The first-order valence-corrected chi connectivity index (χ1v) is 6.22. The number of carbonyl (C=O) groups excluding carboxylic acids is 1. The first kappa shape index (κ1) is 13.0. The second-order valence-corrected chi connectivity index (χ2v) is 4.46. The molecule has 1 saturated carbocycles. The maximum Gasteiger partial charge on any atom is 0.321 e. The largest absolute Gasteiger partial charge is 0.465 e. The third-order valence-corrected chi connectivity index (χ3v) is 3.27. The number of ether oxygens (including phenoxy) is 2. The molecule has 1 heterocycles. The van der Waals surface area contributed by atoms with Crippen LogP contribution in [0, 0.1) is 0 Å². The molecule has 0 radical (unpaired) electrons. The highest BCUT2D eigenvalue weighted by molar-refractivity contribution is 5.82. The summed E-state index contributed by atoms with van der Waals surface area (Å²) in [5, 5.41) is 3.82. The Bertz CT molecular complexity index is 410. The van der Waals surface area contributed by atoms with Gasteiger partial charge in [0.1, 0.15) is 12.0 Å². The van der Waals surface area contributed by atoms with Crippen molar-refractivity contribution in [2.45, 2.75) is 44.6 Å². The minimum Gasteiger partial charge on any atom is -0.465 e. The minimum atomic E-state index is -0.741. The van der Waals surface area contributed by atoms with Crippen molar-refractivity contribution in [2.24, 2.45) is 0 Å². The fourth-order valence-corrected chi connectivity index (χ4v) is 2.39. The second-order valence-electron chi connectivity index (χ2n) is 4.46. The van der Waals surface area contributed by atoms with Gasteiger partial charge in [0.05, 0.1) is 6.61 Å². The monoisotopic (exact) mass is 254 g/mol. The van der Waals surface area contributed by atoms with Crippen LogP contribution in [0.1, 0.15) is 44.3 Å². The maximum atomic E-state index is 12.2. The Balaban J connectivity index is 2.25. The van der Waals surface area contributed by atoms with E-state index in [1.54, 1.807) is 14.0 Å². The van der Waals surface area contributed by atoms with Gasteiger partial charge in [-0.2, -0.15) is 4.98 Å². The standard InChI is InChI=1S/C12H18N2O4/c1-3-17-11(15)12(6-4-5-7-12)10-13-9(8-16-2)14-18-10/h3-8H2,1-2H3.